The topological polar surface area (TPSA) is 59.6 Å². The standard InChI is InChI=1S/C11H13N3/c1-7-9(5-12)11(3,4)10(6-13)8(2)14-7/h14H,1-4H3. The normalized spacial score (nSPS) is 19.9. The van der Waals surface area contributed by atoms with Crippen LogP contribution >= 0.6 is 0 Å². The van der Waals surface area contributed by atoms with Gasteiger partial charge in [-0.3, -0.25) is 0 Å². The predicted molar refractivity (Wildman–Crippen MR) is 53.5 cm³/mol. The summed E-state index contributed by atoms with van der Waals surface area (Å²) in [6.07, 6.45) is 0. The van der Waals surface area contributed by atoms with Crippen LogP contribution in [0, 0.1) is 28.1 Å². The summed E-state index contributed by atoms with van der Waals surface area (Å²) in [4.78, 5) is 0. The Kier molecular flexibility index (Phi) is 2.36. The Morgan fingerprint density at radius 3 is 1.64 bits per heavy atom. The second kappa shape index (κ2) is 3.20. The summed E-state index contributed by atoms with van der Waals surface area (Å²) in [5.41, 5.74) is 2.49. The summed E-state index contributed by atoms with van der Waals surface area (Å²) in [7, 11) is 0. The fourth-order valence-corrected chi connectivity index (χ4v) is 1.92. The third-order valence-corrected chi connectivity index (χ3v) is 2.60. The molecule has 14 heavy (non-hydrogen) atoms. The minimum atomic E-state index is -0.469. The van der Waals surface area contributed by atoms with E-state index in [4.69, 9.17) is 10.5 Å². The summed E-state index contributed by atoms with van der Waals surface area (Å²) >= 11 is 0. The highest BCUT2D eigenvalue weighted by Crippen LogP contribution is 2.39. The van der Waals surface area contributed by atoms with Crippen LogP contribution in [0.5, 0.6) is 0 Å². The van der Waals surface area contributed by atoms with Crippen molar-refractivity contribution in [1.29, 1.82) is 10.5 Å². The molecule has 0 aromatic heterocycles. The fraction of sp³-hybridized carbons (Fsp3) is 0.455. The zero-order valence-corrected chi connectivity index (χ0v) is 8.89. The molecule has 1 N–H and O–H groups in total. The highest BCUT2D eigenvalue weighted by molar-refractivity contribution is 5.50. The van der Waals surface area contributed by atoms with Gasteiger partial charge in [-0.2, -0.15) is 10.5 Å². The van der Waals surface area contributed by atoms with Crippen molar-refractivity contribution < 1.29 is 0 Å². The van der Waals surface area contributed by atoms with Crippen molar-refractivity contribution in [2.45, 2.75) is 27.7 Å². The van der Waals surface area contributed by atoms with Crippen molar-refractivity contribution in [3.63, 3.8) is 0 Å². The number of nitriles is 2. The lowest BCUT2D eigenvalue weighted by Gasteiger charge is -2.31. The van der Waals surface area contributed by atoms with E-state index in [9.17, 15) is 0 Å². The third-order valence-electron chi connectivity index (χ3n) is 2.60. The Hall–Kier alpha value is -1.74. The molecule has 1 aliphatic heterocycles. The first kappa shape index (κ1) is 10.3. The van der Waals surface area contributed by atoms with E-state index in [0.29, 0.717) is 11.1 Å². The molecule has 0 radical (unpaired) electrons. The van der Waals surface area contributed by atoms with Crippen LogP contribution < -0.4 is 5.32 Å². The van der Waals surface area contributed by atoms with Gasteiger partial charge < -0.3 is 5.32 Å². The number of dihydropyridines is 1. The summed E-state index contributed by atoms with van der Waals surface area (Å²) in [5, 5.41) is 21.1. The van der Waals surface area contributed by atoms with Gasteiger partial charge in [0.2, 0.25) is 0 Å². The summed E-state index contributed by atoms with van der Waals surface area (Å²) in [6, 6.07) is 4.32. The Bertz CT molecular complexity index is 373. The average Bonchev–Trinajstić information content (AvgIpc) is 2.02. The Morgan fingerprint density at radius 1 is 1.00 bits per heavy atom. The Labute approximate surface area is 84.3 Å². The van der Waals surface area contributed by atoms with Gasteiger partial charge in [0.25, 0.3) is 0 Å². The lowest BCUT2D eigenvalue weighted by Crippen LogP contribution is -2.30. The third kappa shape index (κ3) is 1.28. The van der Waals surface area contributed by atoms with Crippen molar-refractivity contribution in [3.8, 4) is 12.1 Å². The molecule has 3 heteroatoms. The Morgan fingerprint density at radius 2 is 1.36 bits per heavy atom. The highest BCUT2D eigenvalue weighted by Gasteiger charge is 2.34. The molecule has 0 aliphatic carbocycles. The Balaban J connectivity index is 3.38. The smallest absolute Gasteiger partial charge is 0.0974 e. The number of hydrogen-bond donors (Lipinski definition) is 1. The van der Waals surface area contributed by atoms with Gasteiger partial charge in [0.1, 0.15) is 0 Å². The summed E-state index contributed by atoms with van der Waals surface area (Å²) in [6.45, 7) is 7.52. The predicted octanol–water partition coefficient (Wildman–Crippen LogP) is 2.21. The van der Waals surface area contributed by atoms with Crippen LogP contribution in [-0.2, 0) is 0 Å². The van der Waals surface area contributed by atoms with Crippen molar-refractivity contribution in [3.05, 3.63) is 22.5 Å². The van der Waals surface area contributed by atoms with E-state index in [1.807, 2.05) is 27.7 Å². The summed E-state index contributed by atoms with van der Waals surface area (Å²) < 4.78 is 0. The molecule has 1 aliphatic rings. The first-order valence-electron chi connectivity index (χ1n) is 4.45. The molecule has 0 aromatic rings. The van der Waals surface area contributed by atoms with Gasteiger partial charge in [-0.15, -0.1) is 0 Å². The van der Waals surface area contributed by atoms with Crippen LogP contribution in [-0.4, -0.2) is 0 Å². The van der Waals surface area contributed by atoms with Gasteiger partial charge in [-0.25, -0.2) is 0 Å². The van der Waals surface area contributed by atoms with Crippen molar-refractivity contribution in [1.82, 2.24) is 5.32 Å². The molecule has 3 nitrogen and oxygen atoms in total. The summed E-state index contributed by atoms with van der Waals surface area (Å²) in [5.74, 6) is 0. The second-order valence-electron chi connectivity index (χ2n) is 3.97. The van der Waals surface area contributed by atoms with Crippen LogP contribution in [0.4, 0.5) is 0 Å². The molecule has 1 heterocycles. The lowest BCUT2D eigenvalue weighted by atomic mass is 9.74. The SMILES string of the molecule is CC1=C(C#N)C(C)(C)C(C#N)=C(C)N1. The van der Waals surface area contributed by atoms with E-state index in [-0.39, 0.29) is 0 Å². The van der Waals surface area contributed by atoms with Gasteiger partial charge in [-0.05, 0) is 13.8 Å². The number of nitrogens with one attached hydrogen (secondary N) is 1. The monoisotopic (exact) mass is 187 g/mol. The molecule has 0 unspecified atom stereocenters. The van der Waals surface area contributed by atoms with E-state index in [1.54, 1.807) is 0 Å². The van der Waals surface area contributed by atoms with E-state index < -0.39 is 5.41 Å². The van der Waals surface area contributed by atoms with Gasteiger partial charge in [0, 0.05) is 16.8 Å². The molecule has 72 valence electrons. The quantitative estimate of drug-likeness (QED) is 0.632. The average molecular weight is 187 g/mol. The van der Waals surface area contributed by atoms with Crippen LogP contribution in [0.15, 0.2) is 22.5 Å². The minimum Gasteiger partial charge on any atom is -0.361 e. The van der Waals surface area contributed by atoms with E-state index in [2.05, 4.69) is 17.5 Å². The van der Waals surface area contributed by atoms with Gasteiger partial charge in [-0.1, -0.05) is 13.8 Å². The number of allylic oxidation sites excluding steroid dienone is 4. The molecular formula is C11H13N3. The highest BCUT2D eigenvalue weighted by atomic mass is 14.9. The first-order chi connectivity index (χ1) is 6.45. The molecule has 0 fully saturated rings. The zero-order chi connectivity index (χ0) is 10.9. The van der Waals surface area contributed by atoms with E-state index >= 15 is 0 Å². The van der Waals surface area contributed by atoms with Gasteiger partial charge in [0.05, 0.1) is 23.3 Å². The van der Waals surface area contributed by atoms with Crippen molar-refractivity contribution >= 4 is 0 Å². The maximum atomic E-state index is 9.02. The van der Waals surface area contributed by atoms with Gasteiger partial charge in [0.15, 0.2) is 0 Å². The van der Waals surface area contributed by atoms with Gasteiger partial charge >= 0.3 is 0 Å². The van der Waals surface area contributed by atoms with Crippen molar-refractivity contribution in [2.75, 3.05) is 0 Å². The van der Waals surface area contributed by atoms with Crippen LogP contribution in [0.1, 0.15) is 27.7 Å². The molecular weight excluding hydrogens is 174 g/mol. The van der Waals surface area contributed by atoms with E-state index in [0.717, 1.165) is 11.4 Å². The number of nitrogens with zero attached hydrogens (tertiary/aromatic N) is 2. The van der Waals surface area contributed by atoms with Crippen molar-refractivity contribution in [2.24, 2.45) is 5.41 Å². The molecule has 0 atom stereocenters. The molecule has 0 amide bonds. The van der Waals surface area contributed by atoms with Crippen LogP contribution in [0.3, 0.4) is 0 Å². The molecule has 0 spiro atoms. The fourth-order valence-electron chi connectivity index (χ4n) is 1.92. The maximum absolute atomic E-state index is 9.02. The molecule has 0 aromatic carbocycles. The lowest BCUT2D eigenvalue weighted by molar-refractivity contribution is 0.534. The first-order valence-corrected chi connectivity index (χ1v) is 4.45. The number of hydrogen-bond acceptors (Lipinski definition) is 3. The minimum absolute atomic E-state index is 0.469. The maximum Gasteiger partial charge on any atom is 0.0974 e. The molecule has 0 bridgehead atoms. The van der Waals surface area contributed by atoms with E-state index in [1.165, 1.54) is 0 Å². The largest absolute Gasteiger partial charge is 0.361 e. The molecule has 1 rings (SSSR count). The second-order valence-corrected chi connectivity index (χ2v) is 3.97. The molecule has 0 saturated carbocycles. The van der Waals surface area contributed by atoms with Crippen LogP contribution in [0.25, 0.3) is 0 Å². The zero-order valence-electron chi connectivity index (χ0n) is 8.89. The van der Waals surface area contributed by atoms with Crippen LogP contribution in [0.2, 0.25) is 0 Å². The number of rotatable bonds is 0. The molecule has 0 saturated heterocycles.